The molecular formula is C43H40N4O8S2. The van der Waals surface area contributed by atoms with Gasteiger partial charge in [-0.25, -0.2) is 4.79 Å². The van der Waals surface area contributed by atoms with Gasteiger partial charge in [-0.2, -0.15) is 0 Å². The van der Waals surface area contributed by atoms with Crippen LogP contribution in [0, 0.1) is 0 Å². The Hall–Kier alpha value is -6.38. The van der Waals surface area contributed by atoms with E-state index >= 15 is 0 Å². The van der Waals surface area contributed by atoms with Gasteiger partial charge in [0, 0.05) is 40.1 Å². The van der Waals surface area contributed by atoms with Crippen molar-refractivity contribution in [2.24, 2.45) is 0 Å². The smallest absolute Gasteiger partial charge is 0.341 e. The minimum absolute atomic E-state index is 0.0542. The molecule has 14 heteroatoms. The number of anilines is 2. The van der Waals surface area contributed by atoms with Crippen LogP contribution >= 0.6 is 23.1 Å². The Kier molecular flexibility index (Phi) is 13.1. The third-order valence-electron chi connectivity index (χ3n) is 9.08. The van der Waals surface area contributed by atoms with E-state index in [0.29, 0.717) is 68.8 Å². The van der Waals surface area contributed by atoms with Gasteiger partial charge in [0.25, 0.3) is 11.8 Å². The minimum atomic E-state index is -0.781. The number of amides is 4. The summed E-state index contributed by atoms with van der Waals surface area (Å²) in [6.07, 6.45) is 1.97. The maximum absolute atomic E-state index is 14.2. The van der Waals surface area contributed by atoms with E-state index in [-0.39, 0.29) is 17.5 Å². The average molecular weight is 805 g/mol. The van der Waals surface area contributed by atoms with Crippen molar-refractivity contribution in [1.29, 1.82) is 0 Å². The average Bonchev–Trinajstić information content (AvgIpc) is 3.59. The molecule has 1 unspecified atom stereocenters. The largest absolute Gasteiger partial charge is 0.497 e. The molecule has 4 aromatic carbocycles. The molecule has 0 saturated carbocycles. The first-order valence-corrected chi connectivity index (χ1v) is 19.5. The Morgan fingerprint density at radius 1 is 0.842 bits per heavy atom. The highest BCUT2D eigenvalue weighted by molar-refractivity contribution is 8.00. The molecule has 292 valence electrons. The number of hydrogen-bond acceptors (Lipinski definition) is 10. The molecule has 1 atom stereocenters. The fourth-order valence-corrected chi connectivity index (χ4v) is 8.53. The maximum atomic E-state index is 14.2. The van der Waals surface area contributed by atoms with Gasteiger partial charge in [0.1, 0.15) is 27.4 Å². The van der Waals surface area contributed by atoms with E-state index < -0.39 is 23.0 Å². The maximum Gasteiger partial charge on any atom is 0.341 e. The predicted octanol–water partition coefficient (Wildman–Crippen LogP) is 7.34. The highest BCUT2D eigenvalue weighted by atomic mass is 32.2. The van der Waals surface area contributed by atoms with Crippen LogP contribution in [0.5, 0.6) is 11.5 Å². The van der Waals surface area contributed by atoms with Crippen LogP contribution in [0.4, 0.5) is 10.7 Å². The normalized spacial score (nSPS) is 12.8. The zero-order valence-electron chi connectivity index (χ0n) is 31.6. The number of carbonyl (C=O) groups is 5. The van der Waals surface area contributed by atoms with Crippen molar-refractivity contribution in [2.45, 2.75) is 30.0 Å². The number of ether oxygens (including phenoxy) is 3. The van der Waals surface area contributed by atoms with E-state index in [1.54, 1.807) is 71.6 Å². The summed E-state index contributed by atoms with van der Waals surface area (Å²) in [4.78, 5) is 69.8. The summed E-state index contributed by atoms with van der Waals surface area (Å²) in [6, 6.07) is 29.8. The van der Waals surface area contributed by atoms with Gasteiger partial charge in [-0.1, -0.05) is 54.6 Å². The summed E-state index contributed by atoms with van der Waals surface area (Å²) in [6.45, 7) is 2.30. The lowest BCUT2D eigenvalue weighted by Gasteiger charge is -2.25. The summed E-state index contributed by atoms with van der Waals surface area (Å²) in [5, 5.41) is 8.20. The number of fused-ring (bicyclic) bond motifs is 1. The van der Waals surface area contributed by atoms with E-state index in [1.807, 2.05) is 36.4 Å². The van der Waals surface area contributed by atoms with Crippen LogP contribution in [-0.4, -0.2) is 62.4 Å². The Morgan fingerprint density at radius 3 is 2.26 bits per heavy atom. The van der Waals surface area contributed by atoms with Crippen molar-refractivity contribution in [3.05, 3.63) is 142 Å². The summed E-state index contributed by atoms with van der Waals surface area (Å²) in [5.41, 5.74) is 2.98. The summed E-state index contributed by atoms with van der Waals surface area (Å²) < 4.78 is 16.0. The Labute approximate surface area is 338 Å². The number of hydrogen-bond donors (Lipinski definition) is 3. The molecule has 0 aliphatic carbocycles. The lowest BCUT2D eigenvalue weighted by Crippen LogP contribution is -2.33. The first kappa shape index (κ1) is 40.3. The van der Waals surface area contributed by atoms with Crippen LogP contribution in [0.2, 0.25) is 0 Å². The van der Waals surface area contributed by atoms with Gasteiger partial charge in [-0.15, -0.1) is 23.1 Å². The Morgan fingerprint density at radius 2 is 1.58 bits per heavy atom. The fourth-order valence-electron chi connectivity index (χ4n) is 6.19. The Balaban J connectivity index is 1.28. The molecule has 57 heavy (non-hydrogen) atoms. The van der Waals surface area contributed by atoms with Crippen LogP contribution in [-0.2, 0) is 32.1 Å². The van der Waals surface area contributed by atoms with Crippen LogP contribution in [0.15, 0.2) is 114 Å². The van der Waals surface area contributed by atoms with Gasteiger partial charge in [0.05, 0.1) is 33.4 Å². The number of thiophene rings is 1. The lowest BCUT2D eigenvalue weighted by molar-refractivity contribution is -0.129. The van der Waals surface area contributed by atoms with Crippen molar-refractivity contribution in [3.63, 3.8) is 0 Å². The van der Waals surface area contributed by atoms with Gasteiger partial charge < -0.3 is 35.1 Å². The zero-order chi connectivity index (χ0) is 40.5. The summed E-state index contributed by atoms with van der Waals surface area (Å²) >= 11 is 2.51. The summed E-state index contributed by atoms with van der Waals surface area (Å²) in [5.74, 6) is -1.13. The molecule has 1 aliphatic rings. The third-order valence-corrected chi connectivity index (χ3v) is 11.5. The predicted molar refractivity (Wildman–Crippen MR) is 221 cm³/mol. The monoisotopic (exact) mass is 804 g/mol. The van der Waals surface area contributed by atoms with E-state index in [9.17, 15) is 24.0 Å². The molecule has 1 aromatic heterocycles. The van der Waals surface area contributed by atoms with Crippen molar-refractivity contribution >= 4 is 69.5 Å². The van der Waals surface area contributed by atoms with Gasteiger partial charge in [0.2, 0.25) is 11.8 Å². The molecule has 4 amide bonds. The molecule has 0 radical (unpaired) electrons. The number of nitrogens with zero attached hydrogens (tertiary/aromatic N) is 1. The molecule has 0 saturated heterocycles. The molecule has 0 fully saturated rings. The van der Waals surface area contributed by atoms with Crippen molar-refractivity contribution < 1.29 is 38.2 Å². The molecule has 2 heterocycles. The number of thioether (sulfide) groups is 1. The first-order valence-electron chi connectivity index (χ1n) is 17.8. The zero-order valence-corrected chi connectivity index (χ0v) is 33.3. The molecule has 6 rings (SSSR count). The van der Waals surface area contributed by atoms with Crippen LogP contribution in [0.1, 0.15) is 54.5 Å². The molecule has 0 spiro atoms. The van der Waals surface area contributed by atoms with Crippen molar-refractivity contribution in [2.75, 3.05) is 38.5 Å². The number of nitrogens with one attached hydrogen (secondary N) is 3. The third kappa shape index (κ3) is 9.72. The van der Waals surface area contributed by atoms with Gasteiger partial charge >= 0.3 is 5.97 Å². The Bertz CT molecular complexity index is 2330. The van der Waals surface area contributed by atoms with Gasteiger partial charge in [-0.05, 0) is 72.2 Å². The van der Waals surface area contributed by atoms with Gasteiger partial charge in [0.15, 0.2) is 0 Å². The van der Waals surface area contributed by atoms with Crippen molar-refractivity contribution in [3.8, 4) is 11.5 Å². The second-order valence-corrected chi connectivity index (χ2v) is 15.0. The first-order chi connectivity index (χ1) is 27.6. The van der Waals surface area contributed by atoms with E-state index in [0.717, 1.165) is 10.4 Å². The highest BCUT2D eigenvalue weighted by Gasteiger charge is 2.32. The molecule has 12 nitrogen and oxygen atoms in total. The van der Waals surface area contributed by atoms with Gasteiger partial charge in [-0.3, -0.25) is 19.2 Å². The van der Waals surface area contributed by atoms with Crippen LogP contribution in [0.3, 0.4) is 0 Å². The molecule has 1 aliphatic heterocycles. The fraction of sp³-hybridized carbons (Fsp3) is 0.186. The second kappa shape index (κ2) is 18.5. The minimum Gasteiger partial charge on any atom is -0.497 e. The van der Waals surface area contributed by atoms with Crippen molar-refractivity contribution in [1.82, 2.24) is 10.2 Å². The van der Waals surface area contributed by atoms with Crippen LogP contribution < -0.4 is 25.4 Å². The van der Waals surface area contributed by atoms with E-state index in [1.165, 1.54) is 57.4 Å². The SMILES string of the molecule is COC(=O)c1c(NC(=O)C(Sc2cccc(NC(=O)/C(=C\c3cc(OC)ccc3OC)NC(=O)c3ccccc3)c2)c2ccccc2)sc2c1CCN(C(C)=O)C2. The standard InChI is InChI=1S/C43H40N4O8S2/c1-26(48)47-21-20-33-36(25-47)57-42(37(33)43(52)55-4)46-41(51)38(27-12-7-5-8-13-27)56-32-17-11-16-30(24-32)44-40(50)34(45-39(49)28-14-9-6-10-15-28)23-29-22-31(53-2)18-19-35(29)54-3/h5-19,22-24,38H,20-21,25H2,1-4H3,(H,44,50)(H,45,49)(H,46,51)/b34-23+. The molecule has 5 aromatic rings. The lowest BCUT2D eigenvalue weighted by atomic mass is 10.0. The highest BCUT2D eigenvalue weighted by Crippen LogP contribution is 2.41. The molecule has 3 N–H and O–H groups in total. The number of carbonyl (C=O) groups excluding carboxylic acids is 5. The number of benzene rings is 4. The molecule has 0 bridgehead atoms. The number of methoxy groups -OCH3 is 3. The number of esters is 1. The quantitative estimate of drug-likeness (QED) is 0.0631. The number of rotatable bonds is 13. The van der Waals surface area contributed by atoms with Crippen LogP contribution in [0.25, 0.3) is 6.08 Å². The second-order valence-electron chi connectivity index (χ2n) is 12.8. The van der Waals surface area contributed by atoms with E-state index in [4.69, 9.17) is 14.2 Å². The topological polar surface area (TPSA) is 152 Å². The molecular weight excluding hydrogens is 765 g/mol. The summed E-state index contributed by atoms with van der Waals surface area (Å²) in [7, 11) is 4.32. The van der Waals surface area contributed by atoms with E-state index in [2.05, 4.69) is 16.0 Å².